The standard InChI is InChI=1S/C25H29N3O3/c1-19(2)28(15-9-10-16-31-18-23(29)30)22-17-26-24(20-11-5-3-6-12-20)25(27-22)21-13-7-4-8-14-21/h3-8,11-14,17,19H,9-10,15-16,18H2,1-2H3,(H,29,30). The average Bonchev–Trinajstić information content (AvgIpc) is 2.79. The number of ether oxygens (including phenoxy) is 1. The maximum Gasteiger partial charge on any atom is 0.329 e. The van der Waals surface area contributed by atoms with E-state index < -0.39 is 5.97 Å². The minimum atomic E-state index is -0.939. The van der Waals surface area contributed by atoms with Crippen molar-refractivity contribution in [3.8, 4) is 22.5 Å². The molecule has 2 aromatic carbocycles. The van der Waals surface area contributed by atoms with Crippen molar-refractivity contribution < 1.29 is 14.6 Å². The number of unbranched alkanes of at least 4 members (excludes halogenated alkanes) is 1. The molecule has 0 bridgehead atoms. The number of aromatic nitrogens is 2. The maximum absolute atomic E-state index is 10.5. The third-order valence-corrected chi connectivity index (χ3v) is 4.94. The van der Waals surface area contributed by atoms with Crippen molar-refractivity contribution in [3.63, 3.8) is 0 Å². The van der Waals surface area contributed by atoms with Crippen molar-refractivity contribution in [3.05, 3.63) is 66.9 Å². The van der Waals surface area contributed by atoms with Crippen LogP contribution in [0, 0.1) is 0 Å². The fourth-order valence-electron chi connectivity index (χ4n) is 3.41. The number of nitrogens with zero attached hydrogens (tertiary/aromatic N) is 3. The molecule has 162 valence electrons. The summed E-state index contributed by atoms with van der Waals surface area (Å²) >= 11 is 0. The number of carbonyl (C=O) groups is 1. The predicted octanol–water partition coefficient (Wildman–Crippen LogP) is 4.91. The van der Waals surface area contributed by atoms with E-state index in [9.17, 15) is 4.79 Å². The van der Waals surface area contributed by atoms with Gasteiger partial charge in [0.2, 0.25) is 0 Å². The third kappa shape index (κ3) is 6.36. The first-order valence-corrected chi connectivity index (χ1v) is 10.6. The fourth-order valence-corrected chi connectivity index (χ4v) is 3.41. The molecule has 0 spiro atoms. The second-order valence-corrected chi connectivity index (χ2v) is 7.60. The highest BCUT2D eigenvalue weighted by atomic mass is 16.5. The number of anilines is 1. The summed E-state index contributed by atoms with van der Waals surface area (Å²) in [6.07, 6.45) is 3.51. The molecule has 0 atom stereocenters. The molecule has 0 aliphatic rings. The molecule has 1 N–H and O–H groups in total. The summed E-state index contributed by atoms with van der Waals surface area (Å²) in [4.78, 5) is 22.6. The largest absolute Gasteiger partial charge is 0.480 e. The van der Waals surface area contributed by atoms with Crippen LogP contribution < -0.4 is 4.90 Å². The summed E-state index contributed by atoms with van der Waals surface area (Å²) in [6, 6.07) is 20.5. The zero-order valence-electron chi connectivity index (χ0n) is 18.1. The van der Waals surface area contributed by atoms with E-state index in [0.717, 1.165) is 47.7 Å². The van der Waals surface area contributed by atoms with Gasteiger partial charge in [0.25, 0.3) is 0 Å². The fraction of sp³-hybridized carbons (Fsp3) is 0.320. The Kier molecular flexibility index (Phi) is 8.12. The molecule has 3 rings (SSSR count). The smallest absolute Gasteiger partial charge is 0.329 e. The quantitative estimate of drug-likeness (QED) is 0.445. The lowest BCUT2D eigenvalue weighted by Gasteiger charge is -2.28. The van der Waals surface area contributed by atoms with Gasteiger partial charge in [-0.05, 0) is 26.7 Å². The average molecular weight is 420 g/mol. The van der Waals surface area contributed by atoms with Crippen LogP contribution in [-0.4, -0.2) is 46.8 Å². The molecule has 0 amide bonds. The summed E-state index contributed by atoms with van der Waals surface area (Å²) in [7, 11) is 0. The van der Waals surface area contributed by atoms with E-state index >= 15 is 0 Å². The van der Waals surface area contributed by atoms with Crippen molar-refractivity contribution in [2.75, 3.05) is 24.7 Å². The minimum Gasteiger partial charge on any atom is -0.480 e. The Labute approximate surface area is 183 Å². The molecule has 0 saturated heterocycles. The zero-order valence-corrected chi connectivity index (χ0v) is 18.1. The van der Waals surface area contributed by atoms with Crippen molar-refractivity contribution in [2.24, 2.45) is 0 Å². The van der Waals surface area contributed by atoms with Gasteiger partial charge in [-0.15, -0.1) is 0 Å². The molecular formula is C25H29N3O3. The zero-order chi connectivity index (χ0) is 22.1. The van der Waals surface area contributed by atoms with Gasteiger partial charge in [-0.2, -0.15) is 0 Å². The molecular weight excluding hydrogens is 390 g/mol. The minimum absolute atomic E-state index is 0.249. The molecule has 0 aliphatic carbocycles. The van der Waals surface area contributed by atoms with Gasteiger partial charge in [-0.1, -0.05) is 60.7 Å². The lowest BCUT2D eigenvalue weighted by molar-refractivity contribution is -0.142. The molecule has 0 unspecified atom stereocenters. The second-order valence-electron chi connectivity index (χ2n) is 7.60. The van der Waals surface area contributed by atoms with Crippen molar-refractivity contribution >= 4 is 11.8 Å². The highest BCUT2D eigenvalue weighted by Crippen LogP contribution is 2.30. The molecule has 0 saturated carbocycles. The summed E-state index contributed by atoms with van der Waals surface area (Å²) in [6.45, 7) is 5.25. The Morgan fingerprint density at radius 3 is 2.16 bits per heavy atom. The highest BCUT2D eigenvalue weighted by molar-refractivity contribution is 5.78. The maximum atomic E-state index is 10.5. The van der Waals surface area contributed by atoms with E-state index in [2.05, 4.69) is 30.9 Å². The predicted molar refractivity (Wildman–Crippen MR) is 123 cm³/mol. The topological polar surface area (TPSA) is 75.5 Å². The Hall–Kier alpha value is -3.25. The first-order chi connectivity index (χ1) is 15.1. The van der Waals surface area contributed by atoms with Crippen LogP contribution in [0.4, 0.5) is 5.82 Å². The molecule has 3 aromatic rings. The summed E-state index contributed by atoms with van der Waals surface area (Å²) in [5.74, 6) is -0.106. The van der Waals surface area contributed by atoms with Gasteiger partial charge in [0.05, 0.1) is 17.6 Å². The van der Waals surface area contributed by atoms with Crippen LogP contribution in [-0.2, 0) is 9.53 Å². The van der Waals surface area contributed by atoms with Gasteiger partial charge < -0.3 is 14.7 Å². The summed E-state index contributed by atoms with van der Waals surface area (Å²) in [5.41, 5.74) is 3.79. The number of aliphatic carboxylic acids is 1. The molecule has 1 heterocycles. The van der Waals surface area contributed by atoms with E-state index in [1.54, 1.807) is 0 Å². The molecule has 0 fully saturated rings. The van der Waals surface area contributed by atoms with Gasteiger partial charge in [-0.3, -0.25) is 4.98 Å². The van der Waals surface area contributed by atoms with Crippen LogP contribution in [0.15, 0.2) is 66.9 Å². The van der Waals surface area contributed by atoms with Crippen molar-refractivity contribution in [1.29, 1.82) is 0 Å². The van der Waals surface area contributed by atoms with E-state index in [4.69, 9.17) is 19.8 Å². The van der Waals surface area contributed by atoms with E-state index in [1.807, 2.05) is 54.7 Å². The SMILES string of the molecule is CC(C)N(CCCCOCC(=O)O)c1cnc(-c2ccccc2)c(-c2ccccc2)n1. The van der Waals surface area contributed by atoms with Gasteiger partial charge in [0.15, 0.2) is 0 Å². The van der Waals surface area contributed by atoms with E-state index in [1.165, 1.54) is 0 Å². The Balaban J connectivity index is 1.83. The molecule has 31 heavy (non-hydrogen) atoms. The Morgan fingerprint density at radius 1 is 0.968 bits per heavy atom. The van der Waals surface area contributed by atoms with Crippen LogP contribution in [0.25, 0.3) is 22.5 Å². The van der Waals surface area contributed by atoms with E-state index in [0.29, 0.717) is 6.61 Å². The molecule has 6 nitrogen and oxygen atoms in total. The number of rotatable bonds is 11. The van der Waals surface area contributed by atoms with Gasteiger partial charge in [-0.25, -0.2) is 9.78 Å². The van der Waals surface area contributed by atoms with Crippen LogP contribution in [0.5, 0.6) is 0 Å². The van der Waals surface area contributed by atoms with Gasteiger partial charge in [0.1, 0.15) is 12.4 Å². The number of carboxylic acid groups (broad SMARTS) is 1. The number of benzene rings is 2. The number of hydrogen-bond donors (Lipinski definition) is 1. The highest BCUT2D eigenvalue weighted by Gasteiger charge is 2.17. The normalized spacial score (nSPS) is 10.9. The first kappa shape index (κ1) is 22.4. The van der Waals surface area contributed by atoms with Crippen LogP contribution in [0.3, 0.4) is 0 Å². The molecule has 6 heteroatoms. The third-order valence-electron chi connectivity index (χ3n) is 4.94. The van der Waals surface area contributed by atoms with Gasteiger partial charge >= 0.3 is 5.97 Å². The Bertz CT molecular complexity index is 962. The molecule has 0 aliphatic heterocycles. The van der Waals surface area contributed by atoms with Crippen LogP contribution in [0.1, 0.15) is 26.7 Å². The number of hydrogen-bond acceptors (Lipinski definition) is 5. The first-order valence-electron chi connectivity index (χ1n) is 10.6. The second kappa shape index (κ2) is 11.2. The molecule has 1 aromatic heterocycles. The van der Waals surface area contributed by atoms with Gasteiger partial charge in [0, 0.05) is 30.3 Å². The van der Waals surface area contributed by atoms with Crippen LogP contribution >= 0.6 is 0 Å². The van der Waals surface area contributed by atoms with E-state index in [-0.39, 0.29) is 12.6 Å². The molecule has 0 radical (unpaired) electrons. The van der Waals surface area contributed by atoms with Crippen LogP contribution in [0.2, 0.25) is 0 Å². The number of carboxylic acids is 1. The Morgan fingerprint density at radius 2 is 1.58 bits per heavy atom. The summed E-state index contributed by atoms with van der Waals surface area (Å²) < 4.78 is 5.14. The van der Waals surface area contributed by atoms with Crippen molar-refractivity contribution in [2.45, 2.75) is 32.7 Å². The lowest BCUT2D eigenvalue weighted by atomic mass is 10.0. The lowest BCUT2D eigenvalue weighted by Crippen LogP contribution is -2.33. The monoisotopic (exact) mass is 419 g/mol. The van der Waals surface area contributed by atoms with Crippen molar-refractivity contribution in [1.82, 2.24) is 9.97 Å². The summed E-state index contributed by atoms with van der Waals surface area (Å²) in [5, 5.41) is 8.66.